The largest absolute Gasteiger partial charge is 0.445 e. The number of nitro groups is 1. The first kappa shape index (κ1) is 20.7. The molecule has 1 aromatic heterocycles. The van der Waals surface area contributed by atoms with Crippen LogP contribution in [0.5, 0.6) is 0 Å². The Hall–Kier alpha value is -4.52. The molecule has 4 aromatic rings. The van der Waals surface area contributed by atoms with Crippen LogP contribution < -0.4 is 5.32 Å². The van der Waals surface area contributed by atoms with Crippen molar-refractivity contribution in [1.29, 1.82) is 0 Å². The van der Waals surface area contributed by atoms with Gasteiger partial charge in [0.15, 0.2) is 0 Å². The lowest BCUT2D eigenvalue weighted by atomic mass is 9.98. The average molecular weight is 425 g/mol. The third kappa shape index (κ3) is 4.79. The maximum absolute atomic E-state index is 12.2. The molecule has 0 unspecified atom stereocenters. The quantitative estimate of drug-likeness (QED) is 0.236. The highest BCUT2D eigenvalue weighted by Gasteiger charge is 2.09. The van der Waals surface area contributed by atoms with Crippen LogP contribution in [0.15, 0.2) is 89.7 Å². The van der Waals surface area contributed by atoms with Gasteiger partial charge < -0.3 is 9.73 Å². The van der Waals surface area contributed by atoms with Gasteiger partial charge in [0.2, 0.25) is 11.8 Å². The van der Waals surface area contributed by atoms with Crippen molar-refractivity contribution >= 4 is 23.4 Å². The van der Waals surface area contributed by atoms with Gasteiger partial charge in [0, 0.05) is 29.5 Å². The summed E-state index contributed by atoms with van der Waals surface area (Å²) in [5.74, 6) is 0.233. The van der Waals surface area contributed by atoms with Gasteiger partial charge in [0.25, 0.3) is 5.69 Å². The number of anilines is 1. The second kappa shape index (κ2) is 9.09. The summed E-state index contributed by atoms with van der Waals surface area (Å²) in [6, 6.07) is 19.6. The number of rotatable bonds is 6. The summed E-state index contributed by atoms with van der Waals surface area (Å²) in [4.78, 5) is 26.8. The van der Waals surface area contributed by atoms with Gasteiger partial charge in [-0.1, -0.05) is 30.3 Å². The Morgan fingerprint density at radius 1 is 1.06 bits per heavy atom. The van der Waals surface area contributed by atoms with Gasteiger partial charge in [-0.05, 0) is 59.5 Å². The average Bonchev–Trinajstić information content (AvgIpc) is 3.34. The number of nitrogens with zero attached hydrogens (tertiary/aromatic N) is 2. The third-order valence-electron chi connectivity index (χ3n) is 4.89. The zero-order valence-electron chi connectivity index (χ0n) is 17.2. The number of amides is 1. The summed E-state index contributed by atoms with van der Waals surface area (Å²) in [7, 11) is 0. The van der Waals surface area contributed by atoms with Gasteiger partial charge in [-0.25, -0.2) is 4.98 Å². The van der Waals surface area contributed by atoms with E-state index in [4.69, 9.17) is 4.42 Å². The van der Waals surface area contributed by atoms with E-state index in [-0.39, 0.29) is 11.6 Å². The van der Waals surface area contributed by atoms with E-state index in [1.54, 1.807) is 24.6 Å². The molecule has 0 saturated carbocycles. The van der Waals surface area contributed by atoms with Crippen molar-refractivity contribution in [3.63, 3.8) is 0 Å². The minimum atomic E-state index is -0.471. The fraction of sp³-hybridized carbons (Fsp3) is 0.0400. The Morgan fingerprint density at radius 3 is 2.56 bits per heavy atom. The predicted molar refractivity (Wildman–Crippen MR) is 123 cm³/mol. The standard InChI is InChI=1S/C25H19N3O4/c1-17-5-7-20(25-26-13-14-32-25)16-23(17)19-8-10-21(11-9-19)27-24(29)12-6-18-3-2-4-22(15-18)28(30)31/h2-16H,1H3,(H,27,29). The number of hydrogen-bond donors (Lipinski definition) is 1. The molecule has 7 nitrogen and oxygen atoms in total. The maximum atomic E-state index is 12.2. The second-order valence-electron chi connectivity index (χ2n) is 7.12. The van der Waals surface area contributed by atoms with Crippen molar-refractivity contribution in [2.24, 2.45) is 0 Å². The highest BCUT2D eigenvalue weighted by Crippen LogP contribution is 2.29. The van der Waals surface area contributed by atoms with Gasteiger partial charge in [0.05, 0.1) is 11.1 Å². The number of carbonyl (C=O) groups excluding carboxylic acids is 1. The van der Waals surface area contributed by atoms with Gasteiger partial charge in [-0.3, -0.25) is 14.9 Å². The molecular weight excluding hydrogens is 406 g/mol. The highest BCUT2D eigenvalue weighted by atomic mass is 16.6. The second-order valence-corrected chi connectivity index (χ2v) is 7.12. The summed E-state index contributed by atoms with van der Waals surface area (Å²) < 4.78 is 5.39. The first-order valence-electron chi connectivity index (χ1n) is 9.84. The topological polar surface area (TPSA) is 98.3 Å². The molecule has 7 heteroatoms. The summed E-state index contributed by atoms with van der Waals surface area (Å²) in [6.45, 7) is 2.03. The molecular formula is C25H19N3O4. The van der Waals surface area contributed by atoms with E-state index >= 15 is 0 Å². The molecule has 1 heterocycles. The van der Waals surface area contributed by atoms with Gasteiger partial charge >= 0.3 is 0 Å². The molecule has 0 aliphatic rings. The number of oxazole rings is 1. The molecule has 1 amide bonds. The number of benzene rings is 3. The number of non-ortho nitro benzene ring substituents is 1. The fourth-order valence-corrected chi connectivity index (χ4v) is 3.26. The molecule has 32 heavy (non-hydrogen) atoms. The Balaban J connectivity index is 1.46. The highest BCUT2D eigenvalue weighted by molar-refractivity contribution is 6.02. The Kier molecular flexibility index (Phi) is 5.89. The van der Waals surface area contributed by atoms with Gasteiger partial charge in [-0.15, -0.1) is 0 Å². The molecule has 0 aliphatic carbocycles. The van der Waals surface area contributed by atoms with Crippen LogP contribution >= 0.6 is 0 Å². The zero-order chi connectivity index (χ0) is 22.5. The van der Waals surface area contributed by atoms with Crippen molar-refractivity contribution in [2.45, 2.75) is 6.92 Å². The molecule has 0 fully saturated rings. The number of carbonyl (C=O) groups is 1. The number of nitrogens with one attached hydrogen (secondary N) is 1. The zero-order valence-corrected chi connectivity index (χ0v) is 17.2. The Morgan fingerprint density at radius 2 is 1.84 bits per heavy atom. The molecule has 3 aromatic carbocycles. The minimum Gasteiger partial charge on any atom is -0.445 e. The lowest BCUT2D eigenvalue weighted by molar-refractivity contribution is -0.384. The van der Waals surface area contributed by atoms with Crippen LogP contribution in [-0.2, 0) is 4.79 Å². The van der Waals surface area contributed by atoms with E-state index < -0.39 is 4.92 Å². The van der Waals surface area contributed by atoms with E-state index in [0.717, 1.165) is 22.3 Å². The summed E-state index contributed by atoms with van der Waals surface area (Å²) in [5.41, 5.74) is 5.24. The molecule has 158 valence electrons. The van der Waals surface area contributed by atoms with E-state index in [9.17, 15) is 14.9 Å². The van der Waals surface area contributed by atoms with Crippen LogP contribution in [0.3, 0.4) is 0 Å². The maximum Gasteiger partial charge on any atom is 0.270 e. The Labute approximate surface area is 184 Å². The van der Waals surface area contributed by atoms with Crippen LogP contribution in [0.2, 0.25) is 0 Å². The molecule has 4 rings (SSSR count). The van der Waals surface area contributed by atoms with Crippen molar-refractivity contribution in [3.8, 4) is 22.6 Å². The van der Waals surface area contributed by atoms with Crippen LogP contribution in [0.25, 0.3) is 28.7 Å². The number of aryl methyl sites for hydroxylation is 1. The molecule has 1 N–H and O–H groups in total. The van der Waals surface area contributed by atoms with Crippen molar-refractivity contribution in [2.75, 3.05) is 5.32 Å². The third-order valence-corrected chi connectivity index (χ3v) is 4.89. The summed E-state index contributed by atoms with van der Waals surface area (Å²) in [6.07, 6.45) is 6.03. The van der Waals surface area contributed by atoms with Gasteiger partial charge in [0.1, 0.15) is 6.26 Å². The number of hydrogen-bond acceptors (Lipinski definition) is 5. The first-order chi connectivity index (χ1) is 15.5. The molecule has 0 aliphatic heterocycles. The number of aromatic nitrogens is 1. The monoisotopic (exact) mass is 425 g/mol. The number of nitro benzene ring substituents is 1. The van der Waals surface area contributed by atoms with E-state index in [2.05, 4.69) is 10.3 Å². The fourth-order valence-electron chi connectivity index (χ4n) is 3.26. The van der Waals surface area contributed by atoms with E-state index in [0.29, 0.717) is 17.1 Å². The molecule has 0 spiro atoms. The van der Waals surface area contributed by atoms with E-state index in [1.807, 2.05) is 49.4 Å². The lowest BCUT2D eigenvalue weighted by Gasteiger charge is -2.09. The molecule has 0 radical (unpaired) electrons. The molecule has 0 atom stereocenters. The Bertz CT molecular complexity index is 1290. The predicted octanol–water partition coefficient (Wildman–Crippen LogP) is 5.88. The lowest BCUT2D eigenvalue weighted by Crippen LogP contribution is -2.07. The van der Waals surface area contributed by atoms with Crippen molar-refractivity contribution in [3.05, 3.63) is 107 Å². The molecule has 0 bridgehead atoms. The normalized spacial score (nSPS) is 10.9. The van der Waals surface area contributed by atoms with Crippen LogP contribution in [0.1, 0.15) is 11.1 Å². The minimum absolute atomic E-state index is 0.0228. The van der Waals surface area contributed by atoms with E-state index in [1.165, 1.54) is 24.3 Å². The van der Waals surface area contributed by atoms with Gasteiger partial charge in [-0.2, -0.15) is 0 Å². The van der Waals surface area contributed by atoms with Crippen molar-refractivity contribution < 1.29 is 14.1 Å². The smallest absolute Gasteiger partial charge is 0.270 e. The van der Waals surface area contributed by atoms with Crippen molar-refractivity contribution in [1.82, 2.24) is 4.98 Å². The van der Waals surface area contributed by atoms with Crippen LogP contribution in [0.4, 0.5) is 11.4 Å². The first-order valence-corrected chi connectivity index (χ1v) is 9.84. The van der Waals surface area contributed by atoms with Crippen LogP contribution in [0, 0.1) is 17.0 Å². The SMILES string of the molecule is Cc1ccc(-c2ncco2)cc1-c1ccc(NC(=O)C=Cc2cccc([N+](=O)[O-])c2)cc1. The summed E-state index contributed by atoms with van der Waals surface area (Å²) >= 11 is 0. The summed E-state index contributed by atoms with van der Waals surface area (Å²) in [5, 5.41) is 13.6. The van der Waals surface area contributed by atoms with Crippen LogP contribution in [-0.4, -0.2) is 15.8 Å². The molecule has 0 saturated heterocycles.